The van der Waals surface area contributed by atoms with Crippen LogP contribution in [0.2, 0.25) is 5.02 Å². The predicted molar refractivity (Wildman–Crippen MR) is 153 cm³/mol. The number of rotatable bonds is 11. The Labute approximate surface area is 240 Å². The molecule has 40 heavy (non-hydrogen) atoms. The summed E-state index contributed by atoms with van der Waals surface area (Å²) in [4.78, 5) is 13.4. The Kier molecular flexibility index (Phi) is 9.44. The molecule has 1 heterocycles. The van der Waals surface area contributed by atoms with E-state index in [4.69, 9.17) is 30.5 Å². The molecule has 0 radical (unpaired) electrons. The van der Waals surface area contributed by atoms with Gasteiger partial charge in [0.2, 0.25) is 5.91 Å². The molecule has 0 spiro atoms. The molecule has 0 aliphatic carbocycles. The zero-order chi connectivity index (χ0) is 28.8. The van der Waals surface area contributed by atoms with Gasteiger partial charge >= 0.3 is 0 Å². The molecule has 0 aromatic heterocycles. The summed E-state index contributed by atoms with van der Waals surface area (Å²) in [6, 6.07) is 18.8. The van der Waals surface area contributed by atoms with Crippen LogP contribution in [0, 0.1) is 0 Å². The predicted octanol–water partition coefficient (Wildman–Crippen LogP) is 4.43. The number of sulfonamides is 1. The number of amides is 1. The third-order valence-electron chi connectivity index (χ3n) is 7.10. The van der Waals surface area contributed by atoms with Crippen molar-refractivity contribution in [2.75, 3.05) is 51.9 Å². The smallest absolute Gasteiger partial charge is 0.265 e. The number of nitrogens with zero attached hydrogens (tertiary/aromatic N) is 1. The SMILES string of the molecule is COc1ccc(S(=O)(=O)N(CC(=O)NCC2(c3ccccc3)CCOCC2)c2cc(Cl)ccc2OC)cc1OC. The Bertz CT molecular complexity index is 1430. The summed E-state index contributed by atoms with van der Waals surface area (Å²) in [6.07, 6.45) is 1.46. The highest BCUT2D eigenvalue weighted by molar-refractivity contribution is 7.92. The zero-order valence-electron chi connectivity index (χ0n) is 22.7. The molecule has 1 N–H and O–H groups in total. The van der Waals surface area contributed by atoms with Crippen LogP contribution in [-0.2, 0) is 25.0 Å². The van der Waals surface area contributed by atoms with Crippen molar-refractivity contribution in [1.29, 1.82) is 0 Å². The number of benzene rings is 3. The van der Waals surface area contributed by atoms with E-state index in [0.29, 0.717) is 25.5 Å². The maximum Gasteiger partial charge on any atom is 0.265 e. The molecule has 4 rings (SSSR count). The van der Waals surface area contributed by atoms with Crippen LogP contribution < -0.4 is 23.8 Å². The molecule has 1 saturated heterocycles. The summed E-state index contributed by atoms with van der Waals surface area (Å²) < 4.78 is 50.7. The minimum atomic E-state index is -4.29. The molecule has 9 nitrogen and oxygen atoms in total. The topological polar surface area (TPSA) is 103 Å². The van der Waals surface area contributed by atoms with Crippen LogP contribution in [-0.4, -0.2) is 62.0 Å². The molecule has 11 heteroatoms. The molecule has 0 bridgehead atoms. The third kappa shape index (κ3) is 6.29. The van der Waals surface area contributed by atoms with Crippen LogP contribution in [0.4, 0.5) is 5.69 Å². The van der Waals surface area contributed by atoms with Gasteiger partial charge in [0.25, 0.3) is 10.0 Å². The minimum absolute atomic E-state index is 0.0924. The lowest BCUT2D eigenvalue weighted by Gasteiger charge is -2.38. The number of nitrogens with one attached hydrogen (secondary N) is 1. The van der Waals surface area contributed by atoms with Gasteiger partial charge in [-0.25, -0.2) is 8.42 Å². The molecule has 3 aromatic rings. The van der Waals surface area contributed by atoms with E-state index in [1.165, 1.54) is 45.6 Å². The van der Waals surface area contributed by atoms with Crippen molar-refractivity contribution >= 4 is 33.2 Å². The summed E-state index contributed by atoms with van der Waals surface area (Å²) in [6.45, 7) is 0.972. The van der Waals surface area contributed by atoms with Crippen molar-refractivity contribution < 1.29 is 32.2 Å². The van der Waals surface area contributed by atoms with Crippen LogP contribution in [0.25, 0.3) is 0 Å². The lowest BCUT2D eigenvalue weighted by atomic mass is 9.74. The largest absolute Gasteiger partial charge is 0.495 e. The molecule has 0 atom stereocenters. The highest BCUT2D eigenvalue weighted by atomic mass is 35.5. The first-order valence-electron chi connectivity index (χ1n) is 12.7. The van der Waals surface area contributed by atoms with Gasteiger partial charge in [0.1, 0.15) is 12.3 Å². The second kappa shape index (κ2) is 12.8. The van der Waals surface area contributed by atoms with Crippen molar-refractivity contribution in [2.24, 2.45) is 0 Å². The van der Waals surface area contributed by atoms with Gasteiger partial charge in [0.15, 0.2) is 11.5 Å². The van der Waals surface area contributed by atoms with Crippen LogP contribution in [0.15, 0.2) is 71.6 Å². The maximum absolute atomic E-state index is 14.0. The van der Waals surface area contributed by atoms with E-state index >= 15 is 0 Å². The molecule has 214 valence electrons. The summed E-state index contributed by atoms with van der Waals surface area (Å²) in [7, 11) is 0.00456. The van der Waals surface area contributed by atoms with Crippen LogP contribution in [0.5, 0.6) is 17.2 Å². The third-order valence-corrected chi connectivity index (χ3v) is 9.09. The molecular formula is C29H33ClN2O7S. The van der Waals surface area contributed by atoms with Crippen molar-refractivity contribution in [3.63, 3.8) is 0 Å². The first kappa shape index (κ1) is 29.5. The van der Waals surface area contributed by atoms with Crippen molar-refractivity contribution in [1.82, 2.24) is 5.32 Å². The number of methoxy groups -OCH3 is 3. The molecule has 1 amide bonds. The Balaban J connectivity index is 1.68. The molecule has 1 aliphatic rings. The molecule has 3 aromatic carbocycles. The van der Waals surface area contributed by atoms with Crippen LogP contribution in [0.3, 0.4) is 0 Å². The van der Waals surface area contributed by atoms with E-state index in [-0.39, 0.29) is 32.5 Å². The normalized spacial score (nSPS) is 14.7. The first-order chi connectivity index (χ1) is 19.2. The van der Waals surface area contributed by atoms with Gasteiger partial charge in [0.05, 0.1) is 31.9 Å². The fraction of sp³-hybridized carbons (Fsp3) is 0.345. The van der Waals surface area contributed by atoms with Crippen molar-refractivity contribution in [3.8, 4) is 17.2 Å². The number of hydrogen-bond acceptors (Lipinski definition) is 7. The van der Waals surface area contributed by atoms with Gasteiger partial charge in [-0.2, -0.15) is 0 Å². The van der Waals surface area contributed by atoms with Gasteiger partial charge in [-0.15, -0.1) is 0 Å². The molecule has 0 saturated carbocycles. The second-order valence-corrected chi connectivity index (χ2v) is 11.7. The minimum Gasteiger partial charge on any atom is -0.495 e. The number of carbonyl (C=O) groups is 1. The van der Waals surface area contributed by atoms with Crippen molar-refractivity contribution in [3.05, 3.63) is 77.3 Å². The van der Waals surface area contributed by atoms with E-state index in [0.717, 1.165) is 22.7 Å². The van der Waals surface area contributed by atoms with Crippen LogP contribution >= 0.6 is 11.6 Å². The van der Waals surface area contributed by atoms with Gasteiger partial charge in [-0.3, -0.25) is 9.10 Å². The number of anilines is 1. The van der Waals surface area contributed by atoms with Crippen LogP contribution in [0.1, 0.15) is 18.4 Å². The average Bonchev–Trinajstić information content (AvgIpc) is 2.99. The summed E-state index contributed by atoms with van der Waals surface area (Å²) in [5.74, 6) is 0.364. The maximum atomic E-state index is 14.0. The van der Waals surface area contributed by atoms with E-state index in [1.807, 2.05) is 30.3 Å². The Morgan fingerprint density at radius 2 is 1.57 bits per heavy atom. The Hall–Kier alpha value is -3.47. The number of ether oxygens (including phenoxy) is 4. The van der Waals surface area contributed by atoms with E-state index in [1.54, 1.807) is 12.1 Å². The number of carbonyl (C=O) groups excluding carboxylic acids is 1. The zero-order valence-corrected chi connectivity index (χ0v) is 24.3. The van der Waals surface area contributed by atoms with Gasteiger partial charge < -0.3 is 24.3 Å². The lowest BCUT2D eigenvalue weighted by Crippen LogP contribution is -2.48. The molecule has 1 fully saturated rings. The van der Waals surface area contributed by atoms with E-state index in [2.05, 4.69) is 5.32 Å². The first-order valence-corrected chi connectivity index (χ1v) is 14.5. The second-order valence-electron chi connectivity index (χ2n) is 9.38. The highest BCUT2D eigenvalue weighted by Gasteiger charge is 2.36. The van der Waals surface area contributed by atoms with E-state index in [9.17, 15) is 13.2 Å². The highest BCUT2D eigenvalue weighted by Crippen LogP contribution is 2.37. The quantitative estimate of drug-likeness (QED) is 0.353. The van der Waals surface area contributed by atoms with Gasteiger partial charge in [-0.1, -0.05) is 41.9 Å². The molecule has 1 aliphatic heterocycles. The summed E-state index contributed by atoms with van der Waals surface area (Å²) >= 11 is 6.26. The molecular weight excluding hydrogens is 556 g/mol. The van der Waals surface area contributed by atoms with Gasteiger partial charge in [-0.05, 0) is 48.7 Å². The Morgan fingerprint density at radius 1 is 0.925 bits per heavy atom. The lowest BCUT2D eigenvalue weighted by molar-refractivity contribution is -0.120. The molecule has 0 unspecified atom stereocenters. The summed E-state index contributed by atoms with van der Waals surface area (Å²) in [5.41, 5.74) is 0.907. The van der Waals surface area contributed by atoms with E-state index < -0.39 is 22.5 Å². The number of halogens is 1. The average molecular weight is 589 g/mol. The summed E-state index contributed by atoms with van der Waals surface area (Å²) in [5, 5.41) is 3.28. The fourth-order valence-corrected chi connectivity index (χ4v) is 6.44. The van der Waals surface area contributed by atoms with Gasteiger partial charge in [0, 0.05) is 36.3 Å². The Morgan fingerprint density at radius 3 is 2.23 bits per heavy atom. The number of hydrogen-bond donors (Lipinski definition) is 1. The fourth-order valence-electron chi connectivity index (χ4n) is 4.84. The van der Waals surface area contributed by atoms with Crippen molar-refractivity contribution in [2.45, 2.75) is 23.2 Å². The monoisotopic (exact) mass is 588 g/mol. The standard InChI is InChI=1S/C29H33ClN2O7S/c1-36-25-11-9-22(30)17-24(25)32(40(34,35)23-10-12-26(37-2)27(18-23)38-3)19-28(33)31-20-29(13-15-39-16-14-29)21-7-5-4-6-8-21/h4-12,17-18H,13-16,19-20H2,1-3H3,(H,31,33).